The number of aliphatic carboxylic acids is 1. The number of aliphatic hydroxyl groups is 2. The van der Waals surface area contributed by atoms with E-state index in [1.165, 1.54) is 6.08 Å². The summed E-state index contributed by atoms with van der Waals surface area (Å²) in [6.07, 6.45) is 2.17. The van der Waals surface area contributed by atoms with Gasteiger partial charge in [0.1, 0.15) is 24.1 Å². The van der Waals surface area contributed by atoms with E-state index in [9.17, 15) is 24.9 Å². The van der Waals surface area contributed by atoms with E-state index < -0.39 is 41.6 Å². The lowest BCUT2D eigenvalue weighted by Crippen LogP contribution is -2.40. The van der Waals surface area contributed by atoms with Gasteiger partial charge >= 0.3 is 11.9 Å². The summed E-state index contributed by atoms with van der Waals surface area (Å²) >= 11 is 0. The molecule has 3 N–H and O–H groups in total. The lowest BCUT2D eigenvalue weighted by atomic mass is 9.85. The number of carboxylic acid groups (broad SMARTS) is 1. The highest BCUT2D eigenvalue weighted by atomic mass is 16.5. The molecule has 3 aromatic rings. The summed E-state index contributed by atoms with van der Waals surface area (Å²) < 4.78 is 11.4. The number of carboxylic acids is 1. The minimum Gasteiger partial charge on any atom is -0.490 e. The van der Waals surface area contributed by atoms with E-state index in [2.05, 4.69) is 0 Å². The van der Waals surface area contributed by atoms with Crippen LogP contribution in [0.3, 0.4) is 0 Å². The first-order chi connectivity index (χ1) is 18.2. The Morgan fingerprint density at radius 1 is 0.974 bits per heavy atom. The van der Waals surface area contributed by atoms with Gasteiger partial charge in [0.2, 0.25) is 0 Å². The topological polar surface area (TPSA) is 113 Å². The average Bonchev–Trinajstić information content (AvgIpc) is 3.21. The van der Waals surface area contributed by atoms with Crippen LogP contribution in [0.5, 0.6) is 5.75 Å². The predicted molar refractivity (Wildman–Crippen MR) is 143 cm³/mol. The van der Waals surface area contributed by atoms with Gasteiger partial charge in [-0.3, -0.25) is 4.79 Å². The number of esters is 1. The molecule has 4 atom stereocenters. The van der Waals surface area contributed by atoms with E-state index in [1.807, 2.05) is 60.7 Å². The van der Waals surface area contributed by atoms with Crippen LogP contribution in [0.15, 0.2) is 97.1 Å². The van der Waals surface area contributed by atoms with Crippen LogP contribution in [0.2, 0.25) is 0 Å². The minimum absolute atomic E-state index is 0.0597. The zero-order valence-corrected chi connectivity index (χ0v) is 21.2. The molecule has 3 aromatic carbocycles. The fourth-order valence-electron chi connectivity index (χ4n) is 4.73. The Balaban J connectivity index is 1.47. The SMILES string of the molecule is CC(O)(C=C[C@H]1[C@H](OC(=O)c2ccc(-c3ccccc3)cc2)CC[C@]1(O)CC(=O)O)COc1ccccc1. The number of hydrogen-bond acceptors (Lipinski definition) is 6. The van der Waals surface area contributed by atoms with Crippen molar-refractivity contribution >= 4 is 11.9 Å². The van der Waals surface area contributed by atoms with E-state index in [4.69, 9.17) is 9.47 Å². The summed E-state index contributed by atoms with van der Waals surface area (Å²) in [6.45, 7) is 1.49. The first-order valence-electron chi connectivity index (χ1n) is 12.6. The fraction of sp³-hybridized carbons (Fsp3) is 0.290. The minimum atomic E-state index is -1.62. The van der Waals surface area contributed by atoms with Crippen LogP contribution < -0.4 is 4.74 Å². The highest BCUT2D eigenvalue weighted by Crippen LogP contribution is 2.42. The van der Waals surface area contributed by atoms with Crippen LogP contribution in [0.4, 0.5) is 0 Å². The van der Waals surface area contributed by atoms with E-state index in [-0.39, 0.29) is 19.4 Å². The maximum atomic E-state index is 13.0. The molecule has 0 heterocycles. The van der Waals surface area contributed by atoms with E-state index in [0.717, 1.165) is 11.1 Å². The van der Waals surface area contributed by atoms with Gasteiger partial charge in [0.05, 0.1) is 17.6 Å². The van der Waals surface area contributed by atoms with Crippen molar-refractivity contribution in [3.63, 3.8) is 0 Å². The van der Waals surface area contributed by atoms with Gasteiger partial charge in [0, 0.05) is 5.92 Å². The molecule has 1 fully saturated rings. The molecular formula is C31H32O7. The zero-order chi connectivity index (χ0) is 27.2. The molecule has 0 aliphatic heterocycles. The first kappa shape index (κ1) is 27.1. The molecule has 1 unspecified atom stereocenters. The number of hydrogen-bond donors (Lipinski definition) is 3. The third-order valence-electron chi connectivity index (χ3n) is 6.76. The normalized spacial score (nSPS) is 22.6. The summed E-state index contributed by atoms with van der Waals surface area (Å²) in [6, 6.07) is 25.8. The second kappa shape index (κ2) is 11.6. The Labute approximate surface area is 222 Å². The fourth-order valence-corrected chi connectivity index (χ4v) is 4.73. The van der Waals surface area contributed by atoms with Crippen molar-refractivity contribution in [1.29, 1.82) is 0 Å². The lowest BCUT2D eigenvalue weighted by molar-refractivity contribution is -0.143. The Morgan fingerprint density at radius 2 is 1.58 bits per heavy atom. The summed E-state index contributed by atoms with van der Waals surface area (Å²) in [4.78, 5) is 24.5. The van der Waals surface area contributed by atoms with Gasteiger partial charge in [-0.25, -0.2) is 4.79 Å². The van der Waals surface area contributed by atoms with Crippen molar-refractivity contribution in [3.05, 3.63) is 103 Å². The molecule has 1 saturated carbocycles. The Hall–Kier alpha value is -3.94. The molecule has 198 valence electrons. The van der Waals surface area contributed by atoms with Gasteiger partial charge in [-0.2, -0.15) is 0 Å². The number of rotatable bonds is 10. The standard InChI is InChI=1S/C31H32O7/c1-30(35,21-37-25-10-6-3-7-11-25)18-16-26-27(17-19-31(26,36)20-28(32)33)38-29(34)24-14-12-23(13-15-24)22-8-4-2-5-9-22/h2-16,18,26-27,35-36H,17,19-21H2,1H3,(H,32,33)/t26-,27+,30?,31-/m0/s1. The summed E-state index contributed by atoms with van der Waals surface area (Å²) in [5.41, 5.74) is -0.704. The lowest BCUT2D eigenvalue weighted by Gasteiger charge is -2.30. The Morgan fingerprint density at radius 3 is 2.21 bits per heavy atom. The molecule has 0 saturated heterocycles. The maximum Gasteiger partial charge on any atom is 0.338 e. The van der Waals surface area contributed by atoms with Gasteiger partial charge in [-0.05, 0) is 55.2 Å². The van der Waals surface area contributed by atoms with Gasteiger partial charge in [-0.1, -0.05) is 72.8 Å². The second-order valence-electron chi connectivity index (χ2n) is 9.94. The van der Waals surface area contributed by atoms with Crippen molar-refractivity contribution in [3.8, 4) is 16.9 Å². The van der Waals surface area contributed by atoms with Crippen molar-refractivity contribution in [2.24, 2.45) is 5.92 Å². The predicted octanol–water partition coefficient (Wildman–Crippen LogP) is 4.88. The molecule has 1 aliphatic rings. The zero-order valence-electron chi connectivity index (χ0n) is 21.2. The number of ether oxygens (including phenoxy) is 2. The third kappa shape index (κ3) is 6.88. The molecule has 0 amide bonds. The third-order valence-corrected chi connectivity index (χ3v) is 6.76. The van der Waals surface area contributed by atoms with Crippen LogP contribution in [0.25, 0.3) is 11.1 Å². The van der Waals surface area contributed by atoms with Crippen LogP contribution in [-0.2, 0) is 9.53 Å². The molecule has 7 nitrogen and oxygen atoms in total. The second-order valence-corrected chi connectivity index (χ2v) is 9.94. The van der Waals surface area contributed by atoms with Gasteiger partial charge in [0.25, 0.3) is 0 Å². The largest absolute Gasteiger partial charge is 0.490 e. The van der Waals surface area contributed by atoms with E-state index in [1.54, 1.807) is 37.3 Å². The van der Waals surface area contributed by atoms with Gasteiger partial charge in [0.15, 0.2) is 0 Å². The molecule has 38 heavy (non-hydrogen) atoms. The van der Waals surface area contributed by atoms with Crippen LogP contribution in [-0.4, -0.2) is 51.2 Å². The summed E-state index contributed by atoms with van der Waals surface area (Å²) in [7, 11) is 0. The Bertz CT molecular complexity index is 1250. The van der Waals surface area contributed by atoms with Crippen molar-refractivity contribution in [2.75, 3.05) is 6.61 Å². The first-order valence-corrected chi connectivity index (χ1v) is 12.6. The molecule has 4 rings (SSSR count). The molecule has 0 aromatic heterocycles. The number of carbonyl (C=O) groups excluding carboxylic acids is 1. The molecular weight excluding hydrogens is 484 g/mol. The molecule has 0 bridgehead atoms. The van der Waals surface area contributed by atoms with Crippen molar-refractivity contribution in [2.45, 2.75) is 43.5 Å². The molecule has 0 spiro atoms. The number of benzene rings is 3. The number of carbonyl (C=O) groups is 2. The van der Waals surface area contributed by atoms with Crippen LogP contribution in [0.1, 0.15) is 36.5 Å². The summed E-state index contributed by atoms with van der Waals surface area (Å²) in [5.74, 6) is -1.95. The quantitative estimate of drug-likeness (QED) is 0.260. The highest BCUT2D eigenvalue weighted by molar-refractivity contribution is 5.90. The molecule has 1 aliphatic carbocycles. The highest BCUT2D eigenvalue weighted by Gasteiger charge is 2.49. The van der Waals surface area contributed by atoms with Crippen LogP contribution >= 0.6 is 0 Å². The van der Waals surface area contributed by atoms with Crippen molar-refractivity contribution in [1.82, 2.24) is 0 Å². The Kier molecular flexibility index (Phi) is 8.29. The average molecular weight is 517 g/mol. The summed E-state index contributed by atoms with van der Waals surface area (Å²) in [5, 5.41) is 31.4. The van der Waals surface area contributed by atoms with Crippen LogP contribution in [0, 0.1) is 5.92 Å². The smallest absolute Gasteiger partial charge is 0.338 e. The monoisotopic (exact) mass is 516 g/mol. The maximum absolute atomic E-state index is 13.0. The van der Waals surface area contributed by atoms with Gasteiger partial charge < -0.3 is 24.8 Å². The number of para-hydroxylation sites is 1. The molecule has 0 radical (unpaired) electrons. The van der Waals surface area contributed by atoms with E-state index >= 15 is 0 Å². The van der Waals surface area contributed by atoms with E-state index in [0.29, 0.717) is 11.3 Å². The van der Waals surface area contributed by atoms with Gasteiger partial charge in [-0.15, -0.1) is 0 Å². The molecule has 7 heteroatoms. The van der Waals surface area contributed by atoms with Crippen molar-refractivity contribution < 1.29 is 34.4 Å².